The average molecular weight is 401 g/mol. The lowest BCUT2D eigenvalue weighted by molar-refractivity contribution is 0.649. The molecular formula is C21H18Cl2N2O2. The maximum Gasteiger partial charge on any atom is 0.250 e. The predicted molar refractivity (Wildman–Crippen MR) is 112 cm³/mol. The van der Waals surface area contributed by atoms with Gasteiger partial charge in [0, 0.05) is 41.9 Å². The first-order valence-corrected chi connectivity index (χ1v) is 9.56. The van der Waals surface area contributed by atoms with Crippen LogP contribution in [0.1, 0.15) is 5.56 Å². The number of hydrogen-bond donors (Lipinski definition) is 0. The number of nitrogens with zero attached hydrogens (tertiary/aromatic N) is 2. The first kappa shape index (κ1) is 18.1. The van der Waals surface area contributed by atoms with Crippen molar-refractivity contribution in [1.82, 2.24) is 0 Å². The molecule has 27 heavy (non-hydrogen) atoms. The molecule has 3 aromatic rings. The SMILES string of the molecule is Cc1ccc(Cl)cc1N1CCN(c2c(-c3ccc(Cl)cc3)c(=O)c2=O)CC1. The van der Waals surface area contributed by atoms with E-state index in [0.717, 1.165) is 24.3 Å². The minimum absolute atomic E-state index is 0.396. The van der Waals surface area contributed by atoms with Gasteiger partial charge in [0.15, 0.2) is 0 Å². The van der Waals surface area contributed by atoms with Gasteiger partial charge in [0.05, 0.1) is 5.56 Å². The molecule has 0 amide bonds. The fourth-order valence-electron chi connectivity index (χ4n) is 3.66. The summed E-state index contributed by atoms with van der Waals surface area (Å²) in [6.45, 7) is 4.95. The molecule has 1 heterocycles. The van der Waals surface area contributed by atoms with Crippen LogP contribution in [0, 0.1) is 6.92 Å². The number of rotatable bonds is 3. The molecule has 0 radical (unpaired) electrons. The summed E-state index contributed by atoms with van der Waals surface area (Å²) in [6.07, 6.45) is 0. The molecule has 0 bridgehead atoms. The van der Waals surface area contributed by atoms with Crippen LogP contribution in [0.5, 0.6) is 0 Å². The zero-order chi connectivity index (χ0) is 19.1. The Bertz CT molecular complexity index is 1060. The van der Waals surface area contributed by atoms with Crippen molar-refractivity contribution in [3.8, 4) is 11.1 Å². The molecule has 0 unspecified atom stereocenters. The van der Waals surface area contributed by atoms with E-state index in [1.54, 1.807) is 24.3 Å². The number of piperazine rings is 1. The fraction of sp³-hybridized carbons (Fsp3) is 0.238. The van der Waals surface area contributed by atoms with E-state index in [2.05, 4.69) is 11.8 Å². The van der Waals surface area contributed by atoms with Crippen LogP contribution in [0.15, 0.2) is 52.1 Å². The Morgan fingerprint density at radius 2 is 1.37 bits per heavy atom. The first-order chi connectivity index (χ1) is 13.0. The van der Waals surface area contributed by atoms with Crippen LogP contribution in [0.25, 0.3) is 11.1 Å². The van der Waals surface area contributed by atoms with Crippen molar-refractivity contribution in [3.63, 3.8) is 0 Å². The number of aryl methyl sites for hydroxylation is 1. The minimum Gasteiger partial charge on any atom is -0.368 e. The lowest BCUT2D eigenvalue weighted by Crippen LogP contribution is -2.51. The predicted octanol–water partition coefficient (Wildman–Crippen LogP) is 3.89. The van der Waals surface area contributed by atoms with E-state index < -0.39 is 10.9 Å². The number of benzene rings is 2. The van der Waals surface area contributed by atoms with Crippen molar-refractivity contribution in [2.75, 3.05) is 36.0 Å². The third-order valence-electron chi connectivity index (χ3n) is 5.13. The summed E-state index contributed by atoms with van der Waals surface area (Å²) >= 11 is 12.1. The zero-order valence-corrected chi connectivity index (χ0v) is 16.3. The number of halogens is 2. The highest BCUT2D eigenvalue weighted by molar-refractivity contribution is 6.31. The second-order valence-corrected chi connectivity index (χ2v) is 7.67. The number of hydrogen-bond acceptors (Lipinski definition) is 4. The molecule has 1 aliphatic rings. The van der Waals surface area contributed by atoms with Crippen molar-refractivity contribution >= 4 is 34.6 Å². The summed E-state index contributed by atoms with van der Waals surface area (Å²) < 4.78 is 0. The Labute approximate surface area is 167 Å². The minimum atomic E-state index is -0.416. The zero-order valence-electron chi connectivity index (χ0n) is 14.8. The van der Waals surface area contributed by atoms with Crippen molar-refractivity contribution in [3.05, 3.63) is 78.5 Å². The molecule has 0 spiro atoms. The maximum absolute atomic E-state index is 12.3. The van der Waals surface area contributed by atoms with Crippen molar-refractivity contribution in [2.24, 2.45) is 0 Å². The lowest BCUT2D eigenvalue weighted by atomic mass is 9.97. The van der Waals surface area contributed by atoms with Gasteiger partial charge in [0.1, 0.15) is 5.69 Å². The molecule has 0 atom stereocenters. The highest BCUT2D eigenvalue weighted by Crippen LogP contribution is 2.30. The summed E-state index contributed by atoms with van der Waals surface area (Å²) in [6, 6.07) is 12.9. The summed E-state index contributed by atoms with van der Waals surface area (Å²) in [7, 11) is 0. The molecule has 4 nitrogen and oxygen atoms in total. The average Bonchev–Trinajstić information content (AvgIpc) is 2.68. The van der Waals surface area contributed by atoms with Crippen LogP contribution in [0.2, 0.25) is 10.0 Å². The molecule has 4 rings (SSSR count). The van der Waals surface area contributed by atoms with Crippen LogP contribution < -0.4 is 20.7 Å². The second kappa shape index (κ2) is 7.02. The highest BCUT2D eigenvalue weighted by atomic mass is 35.5. The van der Waals surface area contributed by atoms with E-state index in [1.807, 2.05) is 23.1 Å². The van der Waals surface area contributed by atoms with Crippen molar-refractivity contribution < 1.29 is 0 Å². The molecule has 1 saturated heterocycles. The maximum atomic E-state index is 12.3. The van der Waals surface area contributed by atoms with Crippen LogP contribution in [-0.4, -0.2) is 26.2 Å². The van der Waals surface area contributed by atoms with Gasteiger partial charge in [-0.25, -0.2) is 0 Å². The largest absolute Gasteiger partial charge is 0.368 e. The Kier molecular flexibility index (Phi) is 4.70. The molecule has 0 aliphatic carbocycles. The van der Waals surface area contributed by atoms with Gasteiger partial charge in [-0.3, -0.25) is 9.59 Å². The highest BCUT2D eigenvalue weighted by Gasteiger charge is 2.29. The molecule has 1 fully saturated rings. The topological polar surface area (TPSA) is 40.6 Å². The van der Waals surface area contributed by atoms with Gasteiger partial charge in [0.25, 0.3) is 0 Å². The van der Waals surface area contributed by atoms with E-state index >= 15 is 0 Å². The van der Waals surface area contributed by atoms with Gasteiger partial charge in [-0.15, -0.1) is 0 Å². The Balaban J connectivity index is 1.57. The van der Waals surface area contributed by atoms with Gasteiger partial charge >= 0.3 is 0 Å². The Morgan fingerprint density at radius 3 is 2.04 bits per heavy atom. The smallest absolute Gasteiger partial charge is 0.250 e. The van der Waals surface area contributed by atoms with E-state index in [-0.39, 0.29) is 0 Å². The van der Waals surface area contributed by atoms with E-state index in [9.17, 15) is 9.59 Å². The Hall–Kier alpha value is -2.30. The van der Waals surface area contributed by atoms with E-state index in [0.29, 0.717) is 34.4 Å². The summed E-state index contributed by atoms with van der Waals surface area (Å²) in [5, 5.41) is 1.31. The van der Waals surface area contributed by atoms with Crippen molar-refractivity contribution in [2.45, 2.75) is 6.92 Å². The van der Waals surface area contributed by atoms with E-state index in [1.165, 1.54) is 5.56 Å². The normalized spacial score (nSPS) is 14.8. The lowest BCUT2D eigenvalue weighted by Gasteiger charge is -2.38. The van der Waals surface area contributed by atoms with Crippen LogP contribution in [0.4, 0.5) is 11.4 Å². The van der Waals surface area contributed by atoms with Crippen LogP contribution >= 0.6 is 23.2 Å². The third-order valence-corrected chi connectivity index (χ3v) is 5.61. The third kappa shape index (κ3) is 3.24. The van der Waals surface area contributed by atoms with Crippen LogP contribution in [-0.2, 0) is 0 Å². The van der Waals surface area contributed by atoms with Gasteiger partial charge in [-0.05, 0) is 42.3 Å². The summed E-state index contributed by atoms with van der Waals surface area (Å²) in [5.74, 6) is 0. The molecule has 1 aliphatic heterocycles. The van der Waals surface area contributed by atoms with Gasteiger partial charge < -0.3 is 9.80 Å². The fourth-order valence-corrected chi connectivity index (χ4v) is 3.95. The standard InChI is InChI=1S/C21H18Cl2N2O2/c1-13-2-5-16(23)12-17(13)24-8-10-25(11-9-24)19-18(20(26)21(19)27)14-3-6-15(22)7-4-14/h2-7,12H,8-11H2,1H3. The molecule has 138 valence electrons. The van der Waals surface area contributed by atoms with Crippen molar-refractivity contribution in [1.29, 1.82) is 0 Å². The molecule has 6 heteroatoms. The molecule has 0 saturated carbocycles. The summed E-state index contributed by atoms with van der Waals surface area (Å²) in [4.78, 5) is 28.7. The van der Waals surface area contributed by atoms with Gasteiger partial charge in [-0.2, -0.15) is 0 Å². The van der Waals surface area contributed by atoms with Crippen LogP contribution in [0.3, 0.4) is 0 Å². The molecule has 3 aromatic carbocycles. The summed E-state index contributed by atoms with van der Waals surface area (Å²) in [5.41, 5.74) is 3.25. The monoisotopic (exact) mass is 400 g/mol. The van der Waals surface area contributed by atoms with E-state index in [4.69, 9.17) is 23.2 Å². The van der Waals surface area contributed by atoms with Gasteiger partial charge in [0.2, 0.25) is 10.9 Å². The number of anilines is 2. The molecule has 0 N–H and O–H groups in total. The molecule has 0 aromatic heterocycles. The van der Waals surface area contributed by atoms with Gasteiger partial charge in [-0.1, -0.05) is 41.4 Å². The quantitative estimate of drug-likeness (QED) is 0.625. The first-order valence-electron chi connectivity index (χ1n) is 8.81. The second-order valence-electron chi connectivity index (χ2n) is 6.79. The molecular weight excluding hydrogens is 383 g/mol. The Morgan fingerprint density at radius 1 is 0.778 bits per heavy atom.